The van der Waals surface area contributed by atoms with E-state index in [2.05, 4.69) is 41.4 Å². The maximum atomic E-state index is 12.2. The first-order chi connectivity index (χ1) is 12.4. The van der Waals surface area contributed by atoms with Crippen molar-refractivity contribution in [3.8, 4) is 0 Å². The first-order valence-electron chi connectivity index (χ1n) is 8.14. The maximum Gasteiger partial charge on any atom is 0.404 e. The molecule has 10 heteroatoms. The number of pyridine rings is 1. The highest BCUT2D eigenvalue weighted by molar-refractivity contribution is 9.10. The van der Waals surface area contributed by atoms with Gasteiger partial charge in [0.1, 0.15) is 11.8 Å². The summed E-state index contributed by atoms with van der Waals surface area (Å²) in [6, 6.07) is -0.145. The zero-order chi connectivity index (χ0) is 18.8. The van der Waals surface area contributed by atoms with Gasteiger partial charge in [-0.05, 0) is 29.3 Å². The molecular formula is C16H20BrN5O4. The molecule has 1 fully saturated rings. The number of carboxylic acid groups (broad SMARTS) is 1. The molecule has 2 aromatic rings. The van der Waals surface area contributed by atoms with E-state index in [0.29, 0.717) is 30.8 Å². The normalized spacial score (nSPS) is 18.1. The molecule has 1 saturated heterocycles. The Morgan fingerprint density at radius 3 is 3.00 bits per heavy atom. The molecule has 4 N–H and O–H groups in total. The SMILES string of the molecule is CO[C@@H](C)C(=O)Nc1c[nH]c2ncc(Br)c(N3CC[C@@H](NC(=O)O)C3)c12. The first-order valence-corrected chi connectivity index (χ1v) is 8.93. The van der Waals surface area contributed by atoms with Crippen LogP contribution in [-0.2, 0) is 9.53 Å². The lowest BCUT2D eigenvalue weighted by Crippen LogP contribution is -2.36. The van der Waals surface area contributed by atoms with Crippen molar-refractivity contribution in [2.45, 2.75) is 25.5 Å². The molecule has 0 bridgehead atoms. The second kappa shape index (κ2) is 7.50. The van der Waals surface area contributed by atoms with Crippen LogP contribution in [0.25, 0.3) is 11.0 Å². The van der Waals surface area contributed by atoms with E-state index >= 15 is 0 Å². The zero-order valence-corrected chi connectivity index (χ0v) is 16.0. The number of hydrogen-bond donors (Lipinski definition) is 4. The smallest absolute Gasteiger partial charge is 0.404 e. The summed E-state index contributed by atoms with van der Waals surface area (Å²) in [6.07, 6.45) is 2.47. The van der Waals surface area contributed by atoms with Crippen LogP contribution in [0.2, 0.25) is 0 Å². The molecule has 0 saturated carbocycles. The third-order valence-corrected chi connectivity index (χ3v) is 5.02. The van der Waals surface area contributed by atoms with E-state index in [1.54, 1.807) is 19.3 Å². The molecule has 0 unspecified atom stereocenters. The van der Waals surface area contributed by atoms with Crippen molar-refractivity contribution in [1.29, 1.82) is 0 Å². The van der Waals surface area contributed by atoms with Crippen LogP contribution in [0.3, 0.4) is 0 Å². The van der Waals surface area contributed by atoms with Gasteiger partial charge in [-0.1, -0.05) is 0 Å². The largest absolute Gasteiger partial charge is 0.465 e. The summed E-state index contributed by atoms with van der Waals surface area (Å²) in [4.78, 5) is 32.6. The van der Waals surface area contributed by atoms with Gasteiger partial charge in [-0.25, -0.2) is 9.78 Å². The predicted molar refractivity (Wildman–Crippen MR) is 101 cm³/mol. The Morgan fingerprint density at radius 2 is 2.31 bits per heavy atom. The number of H-pyrrole nitrogens is 1. The number of anilines is 2. The number of ether oxygens (including phenoxy) is 1. The number of methoxy groups -OCH3 is 1. The molecule has 9 nitrogen and oxygen atoms in total. The molecule has 3 rings (SSSR count). The number of hydrogen-bond acceptors (Lipinski definition) is 5. The lowest BCUT2D eigenvalue weighted by molar-refractivity contribution is -0.124. The van der Waals surface area contributed by atoms with E-state index in [1.165, 1.54) is 7.11 Å². The molecule has 2 amide bonds. The molecule has 0 spiro atoms. The Balaban J connectivity index is 1.95. The van der Waals surface area contributed by atoms with Gasteiger partial charge >= 0.3 is 6.09 Å². The van der Waals surface area contributed by atoms with Crippen LogP contribution in [0.15, 0.2) is 16.9 Å². The highest BCUT2D eigenvalue weighted by atomic mass is 79.9. The fraction of sp³-hybridized carbons (Fsp3) is 0.438. The monoisotopic (exact) mass is 425 g/mol. The van der Waals surface area contributed by atoms with Crippen molar-refractivity contribution in [2.24, 2.45) is 0 Å². The van der Waals surface area contributed by atoms with E-state index in [0.717, 1.165) is 15.5 Å². The van der Waals surface area contributed by atoms with E-state index in [4.69, 9.17) is 9.84 Å². The van der Waals surface area contributed by atoms with E-state index in [9.17, 15) is 9.59 Å². The Morgan fingerprint density at radius 1 is 1.54 bits per heavy atom. The first kappa shape index (κ1) is 18.5. The Bertz CT molecular complexity index is 839. The highest BCUT2D eigenvalue weighted by Crippen LogP contribution is 2.39. The average molecular weight is 426 g/mol. The second-order valence-corrected chi connectivity index (χ2v) is 6.98. The minimum absolute atomic E-state index is 0.145. The minimum Gasteiger partial charge on any atom is -0.465 e. The van der Waals surface area contributed by atoms with Crippen LogP contribution in [0.1, 0.15) is 13.3 Å². The molecule has 0 aliphatic carbocycles. The van der Waals surface area contributed by atoms with Gasteiger partial charge in [-0.3, -0.25) is 4.79 Å². The maximum absolute atomic E-state index is 12.2. The van der Waals surface area contributed by atoms with Crippen molar-refractivity contribution >= 4 is 50.3 Å². The molecule has 140 valence electrons. The molecule has 2 atom stereocenters. The van der Waals surface area contributed by atoms with Gasteiger partial charge in [-0.15, -0.1) is 0 Å². The third-order valence-electron chi connectivity index (χ3n) is 4.44. The number of rotatable bonds is 5. The summed E-state index contributed by atoms with van der Waals surface area (Å²) in [6.45, 7) is 2.90. The minimum atomic E-state index is -1.03. The Kier molecular flexibility index (Phi) is 5.33. The molecule has 26 heavy (non-hydrogen) atoms. The summed E-state index contributed by atoms with van der Waals surface area (Å²) in [5.74, 6) is -0.258. The summed E-state index contributed by atoms with van der Waals surface area (Å²) >= 11 is 3.53. The van der Waals surface area contributed by atoms with Gasteiger partial charge in [0.25, 0.3) is 5.91 Å². The fourth-order valence-corrected chi connectivity index (χ4v) is 3.61. The van der Waals surface area contributed by atoms with Gasteiger partial charge < -0.3 is 30.4 Å². The van der Waals surface area contributed by atoms with Crippen LogP contribution in [-0.4, -0.2) is 59.4 Å². The van der Waals surface area contributed by atoms with Crippen molar-refractivity contribution in [3.05, 3.63) is 16.9 Å². The van der Waals surface area contributed by atoms with Gasteiger partial charge in [0.15, 0.2) is 0 Å². The number of fused-ring (bicyclic) bond motifs is 1. The van der Waals surface area contributed by atoms with E-state index in [1.807, 2.05) is 0 Å². The van der Waals surface area contributed by atoms with Crippen molar-refractivity contribution in [2.75, 3.05) is 30.4 Å². The number of carbonyl (C=O) groups is 2. The number of nitrogens with one attached hydrogen (secondary N) is 3. The average Bonchev–Trinajstić information content (AvgIpc) is 3.21. The molecular weight excluding hydrogens is 406 g/mol. The highest BCUT2D eigenvalue weighted by Gasteiger charge is 2.28. The lowest BCUT2D eigenvalue weighted by Gasteiger charge is -2.22. The van der Waals surface area contributed by atoms with Crippen LogP contribution in [0.4, 0.5) is 16.2 Å². The number of halogens is 1. The second-order valence-electron chi connectivity index (χ2n) is 6.13. The third kappa shape index (κ3) is 3.61. The number of amides is 2. The standard InChI is InChI=1S/C16H20BrN5O4/c1-8(26-2)15(23)21-11-6-19-14-12(11)13(10(17)5-18-14)22-4-3-9(7-22)20-16(24)25/h5-6,8-9,20H,3-4,7H2,1-2H3,(H,18,19)(H,21,23)(H,24,25)/t8-,9+/m0/s1. The Hall–Kier alpha value is -2.33. The summed E-state index contributed by atoms with van der Waals surface area (Å²) < 4.78 is 5.83. The number of nitrogens with zero attached hydrogens (tertiary/aromatic N) is 2. The van der Waals surface area contributed by atoms with Crippen LogP contribution in [0, 0.1) is 0 Å². The van der Waals surface area contributed by atoms with Gasteiger partial charge in [0, 0.05) is 32.6 Å². The van der Waals surface area contributed by atoms with Gasteiger partial charge in [0.2, 0.25) is 0 Å². The zero-order valence-electron chi connectivity index (χ0n) is 14.4. The number of aromatic nitrogens is 2. The summed E-state index contributed by atoms with van der Waals surface area (Å²) in [7, 11) is 1.48. The van der Waals surface area contributed by atoms with Crippen LogP contribution < -0.4 is 15.5 Å². The Labute approximate surface area is 158 Å². The van der Waals surface area contributed by atoms with Crippen molar-refractivity contribution < 1.29 is 19.4 Å². The molecule has 0 radical (unpaired) electrons. The fourth-order valence-electron chi connectivity index (χ4n) is 3.06. The molecule has 0 aromatic carbocycles. The van der Waals surface area contributed by atoms with E-state index < -0.39 is 12.2 Å². The predicted octanol–water partition coefficient (Wildman–Crippen LogP) is 2.15. The van der Waals surface area contributed by atoms with Crippen molar-refractivity contribution in [1.82, 2.24) is 15.3 Å². The van der Waals surface area contributed by atoms with Gasteiger partial charge in [0.05, 0.1) is 27.3 Å². The molecule has 2 aromatic heterocycles. The van der Waals surface area contributed by atoms with Gasteiger partial charge in [-0.2, -0.15) is 0 Å². The van der Waals surface area contributed by atoms with E-state index in [-0.39, 0.29) is 11.9 Å². The molecule has 3 heterocycles. The van der Waals surface area contributed by atoms with Crippen LogP contribution >= 0.6 is 15.9 Å². The summed E-state index contributed by atoms with van der Waals surface area (Å²) in [5, 5.41) is 15.1. The number of aromatic amines is 1. The lowest BCUT2D eigenvalue weighted by atomic mass is 10.2. The number of carbonyl (C=O) groups excluding carboxylic acids is 1. The molecule has 1 aliphatic heterocycles. The molecule has 1 aliphatic rings. The van der Waals surface area contributed by atoms with Crippen molar-refractivity contribution in [3.63, 3.8) is 0 Å². The quantitative estimate of drug-likeness (QED) is 0.582. The summed E-state index contributed by atoms with van der Waals surface area (Å²) in [5.41, 5.74) is 2.11. The van der Waals surface area contributed by atoms with Crippen LogP contribution in [0.5, 0.6) is 0 Å². The topological polar surface area (TPSA) is 120 Å².